The van der Waals surface area contributed by atoms with Crippen molar-refractivity contribution < 1.29 is 0 Å². The first-order valence-electron chi connectivity index (χ1n) is 9.73. The molecular weight excluding hydrogens is 465 g/mol. The van der Waals surface area contributed by atoms with Gasteiger partial charge in [-0.3, -0.25) is 4.90 Å². The minimum atomic E-state index is 0. The van der Waals surface area contributed by atoms with Crippen LogP contribution in [0.3, 0.4) is 0 Å². The molecule has 28 heavy (non-hydrogen) atoms. The molecule has 0 aliphatic carbocycles. The second-order valence-corrected chi connectivity index (χ2v) is 7.05. The molecule has 0 amide bonds. The second kappa shape index (κ2) is 12.7. The molecule has 2 rings (SSSR count). The predicted octanol–water partition coefficient (Wildman–Crippen LogP) is 3.06. The zero-order valence-electron chi connectivity index (χ0n) is 17.6. The molecule has 8 heteroatoms. The summed E-state index contributed by atoms with van der Waals surface area (Å²) in [7, 11) is 0. The van der Waals surface area contributed by atoms with Gasteiger partial charge in [0.25, 0.3) is 0 Å². The molecule has 0 radical (unpaired) electrons. The summed E-state index contributed by atoms with van der Waals surface area (Å²) in [5, 5.41) is 10.9. The molecule has 0 atom stereocenters. The Morgan fingerprint density at radius 2 is 1.79 bits per heavy atom. The number of nitrogens with one attached hydrogen (secondary N) is 2. The van der Waals surface area contributed by atoms with Crippen molar-refractivity contribution in [2.75, 3.05) is 19.6 Å². The standard InChI is InChI=1S/C20H33N7.HI/c1-6-22-20(23-11-12-26(16(2)3)17(4)5)24-13-18-7-9-19(10-8-18)27-15-21-14-25-27;/h7-10,14-17H,6,11-13H2,1-5H3,(H2,22,23,24);1H. The normalized spacial score (nSPS) is 11.8. The first kappa shape index (κ1) is 24.4. The van der Waals surface area contributed by atoms with Crippen LogP contribution in [0.2, 0.25) is 0 Å². The van der Waals surface area contributed by atoms with Gasteiger partial charge in [-0.15, -0.1) is 24.0 Å². The fraction of sp³-hybridized carbons (Fsp3) is 0.550. The smallest absolute Gasteiger partial charge is 0.191 e. The summed E-state index contributed by atoms with van der Waals surface area (Å²) in [5.74, 6) is 0.852. The van der Waals surface area contributed by atoms with Gasteiger partial charge in [0.15, 0.2) is 5.96 Å². The van der Waals surface area contributed by atoms with E-state index in [1.807, 2.05) is 12.1 Å². The zero-order chi connectivity index (χ0) is 19.6. The maximum Gasteiger partial charge on any atom is 0.191 e. The average molecular weight is 499 g/mol. The van der Waals surface area contributed by atoms with Gasteiger partial charge in [-0.05, 0) is 52.3 Å². The third kappa shape index (κ3) is 7.75. The van der Waals surface area contributed by atoms with Gasteiger partial charge in [0.1, 0.15) is 12.7 Å². The molecule has 2 N–H and O–H groups in total. The van der Waals surface area contributed by atoms with E-state index in [1.54, 1.807) is 11.0 Å². The molecule has 0 saturated heterocycles. The fourth-order valence-electron chi connectivity index (χ4n) is 3.02. The van der Waals surface area contributed by atoms with Crippen LogP contribution in [0.1, 0.15) is 40.2 Å². The number of nitrogens with zero attached hydrogens (tertiary/aromatic N) is 5. The molecule has 0 bridgehead atoms. The number of hydrogen-bond acceptors (Lipinski definition) is 4. The molecule has 0 unspecified atom stereocenters. The lowest BCUT2D eigenvalue weighted by Crippen LogP contribution is -2.45. The Bertz CT molecular complexity index is 673. The number of benzene rings is 1. The summed E-state index contributed by atoms with van der Waals surface area (Å²) in [4.78, 5) is 11.1. The van der Waals surface area contributed by atoms with E-state index in [-0.39, 0.29) is 24.0 Å². The summed E-state index contributed by atoms with van der Waals surface area (Å²) in [6.45, 7) is 14.4. The van der Waals surface area contributed by atoms with Crippen LogP contribution in [0.5, 0.6) is 0 Å². The second-order valence-electron chi connectivity index (χ2n) is 7.05. The van der Waals surface area contributed by atoms with E-state index in [4.69, 9.17) is 4.99 Å². The third-order valence-electron chi connectivity index (χ3n) is 4.37. The molecule has 0 spiro atoms. The topological polar surface area (TPSA) is 70.4 Å². The highest BCUT2D eigenvalue weighted by Gasteiger charge is 2.12. The van der Waals surface area contributed by atoms with Gasteiger partial charge < -0.3 is 10.6 Å². The van der Waals surface area contributed by atoms with Gasteiger partial charge >= 0.3 is 0 Å². The van der Waals surface area contributed by atoms with Crippen molar-refractivity contribution in [1.29, 1.82) is 0 Å². The van der Waals surface area contributed by atoms with Crippen molar-refractivity contribution in [2.24, 2.45) is 4.99 Å². The fourth-order valence-corrected chi connectivity index (χ4v) is 3.02. The first-order valence-corrected chi connectivity index (χ1v) is 9.73. The number of guanidine groups is 1. The lowest BCUT2D eigenvalue weighted by molar-refractivity contribution is 0.178. The Balaban J connectivity index is 0.00000392. The van der Waals surface area contributed by atoms with Crippen molar-refractivity contribution in [3.8, 4) is 5.69 Å². The summed E-state index contributed by atoms with van der Waals surface area (Å²) >= 11 is 0. The van der Waals surface area contributed by atoms with E-state index in [0.717, 1.165) is 36.8 Å². The van der Waals surface area contributed by atoms with Crippen LogP contribution in [-0.4, -0.2) is 57.3 Å². The molecule has 0 aliphatic heterocycles. The Hall–Kier alpha value is -1.68. The van der Waals surface area contributed by atoms with Gasteiger partial charge in [-0.25, -0.2) is 14.7 Å². The summed E-state index contributed by atoms with van der Waals surface area (Å²) in [5.41, 5.74) is 2.15. The minimum absolute atomic E-state index is 0. The Labute approximate surface area is 186 Å². The lowest BCUT2D eigenvalue weighted by atomic mass is 10.2. The molecule has 156 valence electrons. The monoisotopic (exact) mass is 499 g/mol. The van der Waals surface area contributed by atoms with Crippen molar-refractivity contribution in [3.63, 3.8) is 0 Å². The lowest BCUT2D eigenvalue weighted by Gasteiger charge is -2.30. The van der Waals surface area contributed by atoms with Crippen molar-refractivity contribution >= 4 is 29.9 Å². The van der Waals surface area contributed by atoms with Crippen LogP contribution in [-0.2, 0) is 6.54 Å². The number of hydrogen-bond donors (Lipinski definition) is 2. The Morgan fingerprint density at radius 3 is 2.32 bits per heavy atom. The van der Waals surface area contributed by atoms with E-state index in [9.17, 15) is 0 Å². The highest BCUT2D eigenvalue weighted by atomic mass is 127. The van der Waals surface area contributed by atoms with Crippen LogP contribution < -0.4 is 10.6 Å². The molecule has 7 nitrogen and oxygen atoms in total. The Kier molecular flexibility index (Phi) is 11.1. The number of aliphatic imine (C=N–C) groups is 1. The van der Waals surface area contributed by atoms with Gasteiger partial charge in [-0.2, -0.15) is 5.10 Å². The van der Waals surface area contributed by atoms with E-state index in [0.29, 0.717) is 18.6 Å². The molecule has 0 aliphatic rings. The Morgan fingerprint density at radius 1 is 1.11 bits per heavy atom. The van der Waals surface area contributed by atoms with Crippen LogP contribution in [0.15, 0.2) is 41.9 Å². The van der Waals surface area contributed by atoms with Crippen LogP contribution in [0, 0.1) is 0 Å². The molecule has 0 fully saturated rings. The molecular formula is C20H34IN7. The largest absolute Gasteiger partial charge is 0.357 e. The third-order valence-corrected chi connectivity index (χ3v) is 4.37. The molecule has 0 saturated carbocycles. The molecule has 1 heterocycles. The van der Waals surface area contributed by atoms with Gasteiger partial charge in [0, 0.05) is 31.7 Å². The number of rotatable bonds is 9. The number of halogens is 1. The maximum atomic E-state index is 4.70. The quantitative estimate of drug-likeness (QED) is 0.316. The molecule has 1 aromatic heterocycles. The number of aromatic nitrogens is 3. The van der Waals surface area contributed by atoms with Crippen LogP contribution in [0.4, 0.5) is 0 Å². The van der Waals surface area contributed by atoms with Crippen molar-refractivity contribution in [2.45, 2.75) is 53.2 Å². The maximum absolute atomic E-state index is 4.70. The van der Waals surface area contributed by atoms with E-state index < -0.39 is 0 Å². The summed E-state index contributed by atoms with van der Waals surface area (Å²) in [6.07, 6.45) is 3.23. The molecule has 1 aromatic carbocycles. The van der Waals surface area contributed by atoms with E-state index in [2.05, 4.69) is 72.4 Å². The van der Waals surface area contributed by atoms with Gasteiger partial charge in [0.2, 0.25) is 0 Å². The van der Waals surface area contributed by atoms with Gasteiger partial charge in [-0.1, -0.05) is 12.1 Å². The summed E-state index contributed by atoms with van der Waals surface area (Å²) in [6, 6.07) is 9.28. The van der Waals surface area contributed by atoms with E-state index >= 15 is 0 Å². The van der Waals surface area contributed by atoms with E-state index in [1.165, 1.54) is 6.33 Å². The SMILES string of the molecule is CCNC(=NCc1ccc(-n2cncn2)cc1)NCCN(C(C)C)C(C)C.I. The average Bonchev–Trinajstić information content (AvgIpc) is 3.17. The van der Waals surface area contributed by atoms with Crippen LogP contribution >= 0.6 is 24.0 Å². The van der Waals surface area contributed by atoms with Crippen molar-refractivity contribution in [3.05, 3.63) is 42.5 Å². The minimum Gasteiger partial charge on any atom is -0.357 e. The zero-order valence-corrected chi connectivity index (χ0v) is 19.9. The first-order chi connectivity index (χ1) is 13.0. The van der Waals surface area contributed by atoms with Gasteiger partial charge in [0.05, 0.1) is 12.2 Å². The highest BCUT2D eigenvalue weighted by molar-refractivity contribution is 14.0. The van der Waals surface area contributed by atoms with Crippen molar-refractivity contribution in [1.82, 2.24) is 30.3 Å². The predicted molar refractivity (Wildman–Crippen MR) is 127 cm³/mol. The molecule has 2 aromatic rings. The highest BCUT2D eigenvalue weighted by Crippen LogP contribution is 2.09. The van der Waals surface area contributed by atoms with Crippen LogP contribution in [0.25, 0.3) is 5.69 Å². The summed E-state index contributed by atoms with van der Waals surface area (Å²) < 4.78 is 1.74.